The van der Waals surface area contributed by atoms with E-state index in [1.54, 1.807) is 43.3 Å². The Morgan fingerprint density at radius 2 is 1.75 bits per heavy atom. The van der Waals surface area contributed by atoms with Crippen molar-refractivity contribution >= 4 is 44.9 Å². The van der Waals surface area contributed by atoms with Gasteiger partial charge in [-0.3, -0.25) is 18.7 Å². The van der Waals surface area contributed by atoms with E-state index < -0.39 is 28.5 Å². The van der Waals surface area contributed by atoms with E-state index in [1.807, 2.05) is 6.92 Å². The molecule has 0 aromatic heterocycles. The summed E-state index contributed by atoms with van der Waals surface area (Å²) in [6.45, 7) is 5.16. The Labute approximate surface area is 218 Å². The maximum atomic E-state index is 13.7. The molecule has 0 spiro atoms. The van der Waals surface area contributed by atoms with Gasteiger partial charge in [-0.1, -0.05) is 62.2 Å². The molecule has 2 aromatic rings. The third-order valence-electron chi connectivity index (χ3n) is 5.73. The van der Waals surface area contributed by atoms with Crippen LogP contribution in [0.15, 0.2) is 48.5 Å². The van der Waals surface area contributed by atoms with Gasteiger partial charge in [0.2, 0.25) is 21.8 Å². The first-order valence-corrected chi connectivity index (χ1v) is 14.1. The van der Waals surface area contributed by atoms with E-state index in [1.165, 1.54) is 24.0 Å². The number of hydrogen-bond donors (Lipinski definition) is 1. The molecule has 0 bridgehead atoms. The van der Waals surface area contributed by atoms with Crippen molar-refractivity contribution in [3.63, 3.8) is 0 Å². The zero-order valence-corrected chi connectivity index (χ0v) is 22.7. The summed E-state index contributed by atoms with van der Waals surface area (Å²) in [4.78, 5) is 39.9. The van der Waals surface area contributed by atoms with Crippen molar-refractivity contribution in [3.8, 4) is 0 Å². The highest BCUT2D eigenvalue weighted by Gasteiger charge is 2.32. The molecule has 0 aliphatic carbocycles. The van der Waals surface area contributed by atoms with E-state index in [-0.39, 0.29) is 23.9 Å². The standard InChI is InChI=1S/C26H34ClN3O5S/c1-5-7-15-28-26(33)24(6-2)29(17-21-11-8-9-14-23(21)27)25(32)18-30(36(4,34)35)22-13-10-12-20(16-22)19(3)31/h8-14,16,24H,5-7,15,17-18H2,1-4H3,(H,28,33)/t24-/m0/s1. The molecule has 0 aliphatic rings. The van der Waals surface area contributed by atoms with Crippen LogP contribution in [0.5, 0.6) is 0 Å². The van der Waals surface area contributed by atoms with Crippen LogP contribution in [0, 0.1) is 0 Å². The van der Waals surface area contributed by atoms with Crippen molar-refractivity contribution in [3.05, 3.63) is 64.7 Å². The molecule has 2 aromatic carbocycles. The van der Waals surface area contributed by atoms with Crippen LogP contribution in [-0.4, -0.2) is 56.3 Å². The molecule has 0 saturated heterocycles. The molecule has 0 heterocycles. The minimum atomic E-state index is -3.89. The summed E-state index contributed by atoms with van der Waals surface area (Å²) in [5.74, 6) is -1.10. The SMILES string of the molecule is CCCCNC(=O)[C@H](CC)N(Cc1ccccc1Cl)C(=O)CN(c1cccc(C(C)=O)c1)S(C)(=O)=O. The smallest absolute Gasteiger partial charge is 0.244 e. The topological polar surface area (TPSA) is 104 Å². The summed E-state index contributed by atoms with van der Waals surface area (Å²) in [5, 5.41) is 3.31. The Morgan fingerprint density at radius 3 is 2.33 bits per heavy atom. The largest absolute Gasteiger partial charge is 0.354 e. The molecule has 36 heavy (non-hydrogen) atoms. The molecule has 1 atom stereocenters. The first-order valence-electron chi connectivity index (χ1n) is 11.9. The molecule has 1 N–H and O–H groups in total. The van der Waals surface area contributed by atoms with E-state index in [9.17, 15) is 22.8 Å². The third kappa shape index (κ3) is 8.06. The zero-order valence-electron chi connectivity index (χ0n) is 21.2. The Balaban J connectivity index is 2.45. The van der Waals surface area contributed by atoms with E-state index in [0.717, 1.165) is 23.4 Å². The van der Waals surface area contributed by atoms with Crippen LogP contribution < -0.4 is 9.62 Å². The second kappa shape index (κ2) is 13.4. The predicted molar refractivity (Wildman–Crippen MR) is 143 cm³/mol. The fourth-order valence-corrected chi connectivity index (χ4v) is 4.77. The number of nitrogens with zero attached hydrogens (tertiary/aromatic N) is 2. The molecule has 2 rings (SSSR count). The summed E-state index contributed by atoms with van der Waals surface area (Å²) in [6.07, 6.45) is 3.03. The number of anilines is 1. The molecule has 196 valence electrons. The van der Waals surface area contributed by atoms with Crippen molar-refractivity contribution in [1.82, 2.24) is 10.2 Å². The molecular formula is C26H34ClN3O5S. The van der Waals surface area contributed by atoms with Gasteiger partial charge in [-0.05, 0) is 43.5 Å². The number of sulfonamides is 1. The fourth-order valence-electron chi connectivity index (χ4n) is 3.73. The average molecular weight is 536 g/mol. The summed E-state index contributed by atoms with van der Waals surface area (Å²) in [5.41, 5.74) is 1.15. The molecule has 0 fully saturated rings. The normalized spacial score (nSPS) is 12.0. The van der Waals surface area contributed by atoms with Gasteiger partial charge in [0.25, 0.3) is 0 Å². The van der Waals surface area contributed by atoms with Crippen molar-refractivity contribution in [2.45, 2.75) is 52.6 Å². The van der Waals surface area contributed by atoms with Crippen LogP contribution in [-0.2, 0) is 26.2 Å². The number of nitrogens with one attached hydrogen (secondary N) is 1. The number of hydrogen-bond acceptors (Lipinski definition) is 5. The lowest BCUT2D eigenvalue weighted by molar-refractivity contribution is -0.140. The fraction of sp³-hybridized carbons (Fsp3) is 0.423. The number of carbonyl (C=O) groups is 3. The molecule has 0 unspecified atom stereocenters. The highest BCUT2D eigenvalue weighted by Crippen LogP contribution is 2.23. The van der Waals surface area contributed by atoms with Gasteiger partial charge in [0, 0.05) is 23.7 Å². The highest BCUT2D eigenvalue weighted by atomic mass is 35.5. The monoisotopic (exact) mass is 535 g/mol. The van der Waals surface area contributed by atoms with Gasteiger partial charge < -0.3 is 10.2 Å². The van der Waals surface area contributed by atoms with Gasteiger partial charge in [0.05, 0.1) is 11.9 Å². The number of halogens is 1. The van der Waals surface area contributed by atoms with Crippen LogP contribution in [0.3, 0.4) is 0 Å². The average Bonchev–Trinajstić information content (AvgIpc) is 2.83. The van der Waals surface area contributed by atoms with Crippen LogP contribution in [0.1, 0.15) is 56.0 Å². The summed E-state index contributed by atoms with van der Waals surface area (Å²) in [6, 6.07) is 12.3. The Hall–Kier alpha value is -2.91. The second-order valence-electron chi connectivity index (χ2n) is 8.56. The van der Waals surface area contributed by atoms with Crippen LogP contribution in [0.2, 0.25) is 5.02 Å². The molecule has 2 amide bonds. The lowest BCUT2D eigenvalue weighted by Crippen LogP contribution is -2.52. The first kappa shape index (κ1) is 29.3. The van der Waals surface area contributed by atoms with Crippen molar-refractivity contribution in [2.24, 2.45) is 0 Å². The van der Waals surface area contributed by atoms with E-state index in [2.05, 4.69) is 5.32 Å². The highest BCUT2D eigenvalue weighted by molar-refractivity contribution is 7.92. The summed E-state index contributed by atoms with van der Waals surface area (Å²) in [7, 11) is -3.89. The Morgan fingerprint density at radius 1 is 1.06 bits per heavy atom. The van der Waals surface area contributed by atoms with Gasteiger partial charge in [-0.2, -0.15) is 0 Å². The number of ketones is 1. The Kier molecular flexibility index (Phi) is 10.9. The maximum Gasteiger partial charge on any atom is 0.244 e. The third-order valence-corrected chi connectivity index (χ3v) is 7.24. The molecule has 0 radical (unpaired) electrons. The van der Waals surface area contributed by atoms with Crippen LogP contribution in [0.25, 0.3) is 0 Å². The quantitative estimate of drug-likeness (QED) is 0.308. The van der Waals surface area contributed by atoms with Crippen LogP contribution in [0.4, 0.5) is 5.69 Å². The first-order chi connectivity index (χ1) is 17.0. The minimum absolute atomic E-state index is 0.0311. The van der Waals surface area contributed by atoms with Gasteiger partial charge in [-0.25, -0.2) is 8.42 Å². The van der Waals surface area contributed by atoms with E-state index >= 15 is 0 Å². The summed E-state index contributed by atoms with van der Waals surface area (Å²) >= 11 is 6.35. The van der Waals surface area contributed by atoms with Gasteiger partial charge in [0.15, 0.2) is 5.78 Å². The lowest BCUT2D eigenvalue weighted by Gasteiger charge is -2.33. The molecule has 8 nitrogen and oxygen atoms in total. The maximum absolute atomic E-state index is 13.7. The summed E-state index contributed by atoms with van der Waals surface area (Å²) < 4.78 is 26.3. The minimum Gasteiger partial charge on any atom is -0.354 e. The van der Waals surface area contributed by atoms with E-state index in [0.29, 0.717) is 29.1 Å². The van der Waals surface area contributed by atoms with E-state index in [4.69, 9.17) is 11.6 Å². The van der Waals surface area contributed by atoms with Crippen molar-refractivity contribution < 1.29 is 22.8 Å². The number of rotatable bonds is 13. The second-order valence-corrected chi connectivity index (χ2v) is 10.9. The number of amides is 2. The molecule has 0 aliphatic heterocycles. The van der Waals surface area contributed by atoms with Gasteiger partial charge >= 0.3 is 0 Å². The van der Waals surface area contributed by atoms with Crippen LogP contribution >= 0.6 is 11.6 Å². The lowest BCUT2D eigenvalue weighted by atomic mass is 10.1. The number of Topliss-reactive ketones (excluding diaryl/α,β-unsaturated/α-hetero) is 1. The van der Waals surface area contributed by atoms with Crippen molar-refractivity contribution in [2.75, 3.05) is 23.7 Å². The van der Waals surface area contributed by atoms with Gasteiger partial charge in [0.1, 0.15) is 12.6 Å². The molecule has 10 heteroatoms. The van der Waals surface area contributed by atoms with Gasteiger partial charge in [-0.15, -0.1) is 0 Å². The molecular weight excluding hydrogens is 502 g/mol. The number of benzene rings is 2. The molecule has 0 saturated carbocycles. The van der Waals surface area contributed by atoms with Crippen molar-refractivity contribution in [1.29, 1.82) is 0 Å². The number of unbranched alkanes of at least 4 members (excludes halogenated alkanes) is 1. The Bertz CT molecular complexity index is 1190. The predicted octanol–water partition coefficient (Wildman–Crippen LogP) is 4.03. The zero-order chi connectivity index (χ0) is 26.9. The number of carbonyl (C=O) groups excluding carboxylic acids is 3.